The summed E-state index contributed by atoms with van der Waals surface area (Å²) < 4.78 is 13.0. The van der Waals surface area contributed by atoms with E-state index in [1.165, 1.54) is 18.2 Å². The topological polar surface area (TPSA) is 43.1 Å². The number of halogens is 1. The molecule has 0 amide bonds. The van der Waals surface area contributed by atoms with Gasteiger partial charge in [0, 0.05) is 17.7 Å². The van der Waals surface area contributed by atoms with Gasteiger partial charge in [-0.25, -0.2) is 4.39 Å². The third-order valence-corrected chi connectivity index (χ3v) is 2.83. The third kappa shape index (κ3) is 2.74. The zero-order valence-corrected chi connectivity index (χ0v) is 10.1. The molecule has 0 saturated heterocycles. The van der Waals surface area contributed by atoms with Crippen molar-refractivity contribution in [3.05, 3.63) is 65.0 Å². The molecule has 2 aromatic rings. The van der Waals surface area contributed by atoms with Crippen molar-refractivity contribution in [3.63, 3.8) is 0 Å². The summed E-state index contributed by atoms with van der Waals surface area (Å²) in [6.07, 6.45) is 0.298. The Bertz CT molecular complexity index is 576. The van der Waals surface area contributed by atoms with Gasteiger partial charge in [0.2, 0.25) is 0 Å². The minimum Gasteiger partial charge on any atom is -0.399 e. The lowest BCUT2D eigenvalue weighted by atomic mass is 9.99. The molecule has 0 bridgehead atoms. The number of carbonyl (C=O) groups is 1. The molecule has 2 N–H and O–H groups in total. The minimum absolute atomic E-state index is 0.0164. The Morgan fingerprint density at radius 2 is 1.83 bits per heavy atom. The molecule has 3 heteroatoms. The second-order valence-corrected chi connectivity index (χ2v) is 4.30. The molecule has 0 saturated carbocycles. The van der Waals surface area contributed by atoms with Gasteiger partial charge in [-0.2, -0.15) is 0 Å². The molecule has 0 unspecified atom stereocenters. The molecular weight excluding hydrogens is 229 g/mol. The van der Waals surface area contributed by atoms with Crippen LogP contribution in [0.15, 0.2) is 42.5 Å². The number of rotatable bonds is 3. The van der Waals surface area contributed by atoms with Crippen LogP contribution in [-0.2, 0) is 6.42 Å². The normalized spacial score (nSPS) is 10.3. The maximum Gasteiger partial charge on any atom is 0.167 e. The van der Waals surface area contributed by atoms with Crippen molar-refractivity contribution < 1.29 is 9.18 Å². The van der Waals surface area contributed by atoms with Crippen LogP contribution >= 0.6 is 0 Å². The van der Waals surface area contributed by atoms with Crippen LogP contribution in [0.5, 0.6) is 0 Å². The Hall–Kier alpha value is -2.16. The Morgan fingerprint density at radius 1 is 1.17 bits per heavy atom. The number of ketones is 1. The summed E-state index contributed by atoms with van der Waals surface area (Å²) >= 11 is 0. The summed E-state index contributed by atoms with van der Waals surface area (Å²) in [4.78, 5) is 12.1. The van der Waals surface area contributed by atoms with E-state index in [9.17, 15) is 9.18 Å². The van der Waals surface area contributed by atoms with Crippen molar-refractivity contribution in [2.75, 3.05) is 5.73 Å². The summed E-state index contributed by atoms with van der Waals surface area (Å²) in [6, 6.07) is 11.4. The molecule has 18 heavy (non-hydrogen) atoms. The molecule has 2 rings (SSSR count). The maximum atomic E-state index is 13.0. The predicted molar refractivity (Wildman–Crippen MR) is 70.0 cm³/mol. The standard InChI is InChI=1S/C15H14FNO/c1-10-8-12(16)4-7-14(10)15(18)9-11-2-5-13(17)6-3-11/h2-8H,9,17H2,1H3. The molecule has 0 aliphatic carbocycles. The van der Waals surface area contributed by atoms with Gasteiger partial charge in [0.25, 0.3) is 0 Å². The molecule has 0 atom stereocenters. The number of Topliss-reactive ketones (excluding diaryl/α,β-unsaturated/α-hetero) is 1. The number of nitrogen functional groups attached to an aromatic ring is 1. The van der Waals surface area contributed by atoms with Gasteiger partial charge in [-0.15, -0.1) is 0 Å². The van der Waals surface area contributed by atoms with E-state index < -0.39 is 0 Å². The lowest BCUT2D eigenvalue weighted by molar-refractivity contribution is 0.0992. The van der Waals surface area contributed by atoms with Crippen LogP contribution in [0, 0.1) is 12.7 Å². The van der Waals surface area contributed by atoms with Crippen molar-refractivity contribution in [1.82, 2.24) is 0 Å². The summed E-state index contributed by atoms with van der Waals surface area (Å²) in [5.74, 6) is -0.339. The van der Waals surface area contributed by atoms with Crippen molar-refractivity contribution in [2.24, 2.45) is 0 Å². The summed E-state index contributed by atoms with van der Waals surface area (Å²) in [5, 5.41) is 0. The Labute approximate surface area is 105 Å². The van der Waals surface area contributed by atoms with Gasteiger partial charge >= 0.3 is 0 Å². The van der Waals surface area contributed by atoms with Gasteiger partial charge in [-0.1, -0.05) is 12.1 Å². The van der Waals surface area contributed by atoms with Crippen LogP contribution in [-0.4, -0.2) is 5.78 Å². The first-order chi connectivity index (χ1) is 8.56. The fourth-order valence-corrected chi connectivity index (χ4v) is 1.86. The lowest BCUT2D eigenvalue weighted by Crippen LogP contribution is -2.06. The average molecular weight is 243 g/mol. The van der Waals surface area contributed by atoms with Crippen LogP contribution in [0.4, 0.5) is 10.1 Å². The second kappa shape index (κ2) is 5.00. The van der Waals surface area contributed by atoms with Crippen molar-refractivity contribution >= 4 is 11.5 Å². The molecule has 92 valence electrons. The number of hydrogen-bond donors (Lipinski definition) is 1. The van der Waals surface area contributed by atoms with E-state index >= 15 is 0 Å². The van der Waals surface area contributed by atoms with Gasteiger partial charge in [-0.05, 0) is 48.4 Å². The number of benzene rings is 2. The quantitative estimate of drug-likeness (QED) is 0.664. The molecule has 2 nitrogen and oxygen atoms in total. The minimum atomic E-state index is -0.323. The third-order valence-electron chi connectivity index (χ3n) is 2.83. The molecule has 0 aliphatic heterocycles. The molecule has 0 heterocycles. The van der Waals surface area contributed by atoms with E-state index in [-0.39, 0.29) is 11.6 Å². The average Bonchev–Trinajstić information content (AvgIpc) is 2.32. The van der Waals surface area contributed by atoms with Crippen LogP contribution in [0.25, 0.3) is 0 Å². The molecule has 0 radical (unpaired) electrons. The van der Waals surface area contributed by atoms with Crippen LogP contribution in [0.2, 0.25) is 0 Å². The molecule has 2 aromatic carbocycles. The summed E-state index contributed by atoms with van der Waals surface area (Å²) in [6.45, 7) is 1.74. The Morgan fingerprint density at radius 3 is 2.44 bits per heavy atom. The maximum absolute atomic E-state index is 13.0. The number of nitrogens with two attached hydrogens (primary N) is 1. The molecule has 0 fully saturated rings. The van der Waals surface area contributed by atoms with Gasteiger partial charge in [0.1, 0.15) is 5.82 Å². The molecule has 0 aromatic heterocycles. The van der Waals surface area contributed by atoms with Crippen molar-refractivity contribution in [2.45, 2.75) is 13.3 Å². The Balaban J connectivity index is 2.19. The van der Waals surface area contributed by atoms with E-state index in [0.717, 1.165) is 5.56 Å². The lowest BCUT2D eigenvalue weighted by Gasteiger charge is -2.05. The first kappa shape index (κ1) is 12.3. The Kier molecular flexibility index (Phi) is 3.42. The van der Waals surface area contributed by atoms with Crippen molar-refractivity contribution in [3.8, 4) is 0 Å². The number of anilines is 1. The van der Waals surface area contributed by atoms with E-state index in [4.69, 9.17) is 5.73 Å². The van der Waals surface area contributed by atoms with E-state index in [1.807, 2.05) is 12.1 Å². The van der Waals surface area contributed by atoms with Gasteiger partial charge in [0.05, 0.1) is 0 Å². The highest BCUT2D eigenvalue weighted by molar-refractivity contribution is 5.98. The summed E-state index contributed by atoms with van der Waals surface area (Å²) in [7, 11) is 0. The molecule has 0 spiro atoms. The monoisotopic (exact) mass is 243 g/mol. The zero-order valence-electron chi connectivity index (χ0n) is 10.1. The number of carbonyl (C=O) groups excluding carboxylic acids is 1. The largest absolute Gasteiger partial charge is 0.399 e. The predicted octanol–water partition coefficient (Wildman–Crippen LogP) is 3.14. The van der Waals surface area contributed by atoms with Gasteiger partial charge < -0.3 is 5.73 Å². The zero-order chi connectivity index (χ0) is 13.1. The van der Waals surface area contributed by atoms with Gasteiger partial charge in [-0.3, -0.25) is 4.79 Å². The van der Waals surface area contributed by atoms with E-state index in [2.05, 4.69) is 0 Å². The van der Waals surface area contributed by atoms with Crippen LogP contribution in [0.1, 0.15) is 21.5 Å². The van der Waals surface area contributed by atoms with Gasteiger partial charge in [0.15, 0.2) is 5.78 Å². The van der Waals surface area contributed by atoms with Crippen LogP contribution < -0.4 is 5.73 Å². The summed E-state index contributed by atoms with van der Waals surface area (Å²) in [5.41, 5.74) is 8.38. The fourth-order valence-electron chi connectivity index (χ4n) is 1.86. The highest BCUT2D eigenvalue weighted by atomic mass is 19.1. The smallest absolute Gasteiger partial charge is 0.167 e. The number of aryl methyl sites for hydroxylation is 1. The SMILES string of the molecule is Cc1cc(F)ccc1C(=O)Cc1ccc(N)cc1. The number of hydrogen-bond acceptors (Lipinski definition) is 2. The molecular formula is C15H14FNO. The molecule has 0 aliphatic rings. The fraction of sp³-hybridized carbons (Fsp3) is 0.133. The first-order valence-electron chi connectivity index (χ1n) is 5.70. The van der Waals surface area contributed by atoms with Crippen LogP contribution in [0.3, 0.4) is 0 Å². The van der Waals surface area contributed by atoms with E-state index in [0.29, 0.717) is 23.2 Å². The second-order valence-electron chi connectivity index (χ2n) is 4.30. The highest BCUT2D eigenvalue weighted by Crippen LogP contribution is 2.14. The highest BCUT2D eigenvalue weighted by Gasteiger charge is 2.10. The van der Waals surface area contributed by atoms with E-state index in [1.54, 1.807) is 19.1 Å². The first-order valence-corrected chi connectivity index (χ1v) is 5.70. The van der Waals surface area contributed by atoms with Crippen molar-refractivity contribution in [1.29, 1.82) is 0 Å².